The van der Waals surface area contributed by atoms with Gasteiger partial charge in [-0.25, -0.2) is 0 Å². The number of carbonyl (C=O) groups is 2. The number of fused-ring (bicyclic) bond motifs is 1. The summed E-state index contributed by atoms with van der Waals surface area (Å²) in [6.45, 7) is 1.94. The standard InChI is InChI=1S/C30H26O5/c1-18-10-3-5-13-20(18)25-27(29(31)32)26(22-15-7-8-16-23(22)34-2)28(25)30(33)35-24-17-9-12-19-11-4-6-14-21(19)24/h3-17,25-28H,1-2H3,(H,31,32)/t25-,26-,27-,28+/m0/s1. The largest absolute Gasteiger partial charge is 0.496 e. The van der Waals surface area contributed by atoms with Crippen molar-refractivity contribution < 1.29 is 24.2 Å². The third-order valence-corrected chi connectivity index (χ3v) is 7.11. The van der Waals surface area contributed by atoms with Gasteiger partial charge in [0.25, 0.3) is 0 Å². The average Bonchev–Trinajstić information content (AvgIpc) is 2.85. The molecular formula is C30H26O5. The van der Waals surface area contributed by atoms with E-state index in [1.807, 2.05) is 85.8 Å². The number of para-hydroxylation sites is 1. The molecule has 0 unspecified atom stereocenters. The van der Waals surface area contributed by atoms with Gasteiger partial charge in [-0.2, -0.15) is 0 Å². The number of hydrogen-bond acceptors (Lipinski definition) is 4. The molecule has 1 aliphatic rings. The summed E-state index contributed by atoms with van der Waals surface area (Å²) in [7, 11) is 1.55. The summed E-state index contributed by atoms with van der Waals surface area (Å²) in [5, 5.41) is 12.1. The van der Waals surface area contributed by atoms with E-state index >= 15 is 0 Å². The van der Waals surface area contributed by atoms with Gasteiger partial charge in [-0.15, -0.1) is 0 Å². The Morgan fingerprint density at radius 1 is 0.714 bits per heavy atom. The Morgan fingerprint density at radius 2 is 1.31 bits per heavy atom. The molecule has 0 aliphatic heterocycles. The summed E-state index contributed by atoms with van der Waals surface area (Å²) in [4.78, 5) is 26.4. The van der Waals surface area contributed by atoms with Gasteiger partial charge >= 0.3 is 11.9 Å². The van der Waals surface area contributed by atoms with Crippen molar-refractivity contribution >= 4 is 22.7 Å². The number of ether oxygens (including phenoxy) is 2. The molecule has 0 radical (unpaired) electrons. The molecule has 0 saturated heterocycles. The Kier molecular flexibility index (Phi) is 6.00. The number of carboxylic acids is 1. The molecule has 0 amide bonds. The van der Waals surface area contributed by atoms with Crippen molar-refractivity contribution in [3.63, 3.8) is 0 Å². The lowest BCUT2D eigenvalue weighted by Crippen LogP contribution is -2.52. The van der Waals surface area contributed by atoms with Crippen LogP contribution in [0.25, 0.3) is 10.8 Å². The van der Waals surface area contributed by atoms with E-state index in [9.17, 15) is 14.7 Å². The zero-order valence-corrected chi connectivity index (χ0v) is 19.5. The van der Waals surface area contributed by atoms with Crippen molar-refractivity contribution in [2.24, 2.45) is 11.8 Å². The molecule has 4 atom stereocenters. The lowest BCUT2D eigenvalue weighted by atomic mass is 9.52. The van der Waals surface area contributed by atoms with Gasteiger partial charge in [0.1, 0.15) is 11.5 Å². The molecule has 0 bridgehead atoms. The monoisotopic (exact) mass is 466 g/mol. The minimum absolute atomic E-state index is 0.442. The molecule has 35 heavy (non-hydrogen) atoms. The normalized spacial score (nSPS) is 21.2. The van der Waals surface area contributed by atoms with E-state index in [1.165, 1.54) is 0 Å². The summed E-state index contributed by atoms with van der Waals surface area (Å²) < 4.78 is 11.6. The molecule has 1 N–H and O–H groups in total. The maximum absolute atomic E-state index is 13.8. The molecule has 1 saturated carbocycles. The maximum atomic E-state index is 13.8. The van der Waals surface area contributed by atoms with Gasteiger partial charge in [-0.1, -0.05) is 78.9 Å². The zero-order chi connectivity index (χ0) is 24.5. The van der Waals surface area contributed by atoms with Crippen molar-refractivity contribution in [1.82, 2.24) is 0 Å². The molecule has 5 rings (SSSR count). The van der Waals surface area contributed by atoms with Crippen molar-refractivity contribution in [2.75, 3.05) is 7.11 Å². The van der Waals surface area contributed by atoms with Gasteiger partial charge in [0.15, 0.2) is 0 Å². The third kappa shape index (κ3) is 3.93. The first-order valence-corrected chi connectivity index (χ1v) is 11.6. The lowest BCUT2D eigenvalue weighted by molar-refractivity contribution is -0.158. The van der Waals surface area contributed by atoms with Gasteiger partial charge in [0.2, 0.25) is 0 Å². The zero-order valence-electron chi connectivity index (χ0n) is 19.5. The van der Waals surface area contributed by atoms with Crippen LogP contribution in [0.5, 0.6) is 11.5 Å². The minimum Gasteiger partial charge on any atom is -0.496 e. The fraction of sp³-hybridized carbons (Fsp3) is 0.200. The fourth-order valence-corrected chi connectivity index (χ4v) is 5.49. The van der Waals surface area contributed by atoms with Crippen LogP contribution < -0.4 is 9.47 Å². The summed E-state index contributed by atoms with van der Waals surface area (Å²) in [5.74, 6) is -2.94. The van der Waals surface area contributed by atoms with Crippen LogP contribution in [0.15, 0.2) is 91.0 Å². The smallest absolute Gasteiger partial charge is 0.315 e. The van der Waals surface area contributed by atoms with Gasteiger partial charge in [-0.05, 0) is 41.1 Å². The molecule has 4 aromatic rings. The molecule has 0 spiro atoms. The maximum Gasteiger partial charge on any atom is 0.315 e. The van der Waals surface area contributed by atoms with Crippen LogP contribution in [0.1, 0.15) is 28.5 Å². The number of aliphatic carboxylic acids is 1. The molecule has 176 valence electrons. The molecular weight excluding hydrogens is 440 g/mol. The second-order valence-corrected chi connectivity index (χ2v) is 8.94. The minimum atomic E-state index is -0.941. The van der Waals surface area contributed by atoms with E-state index in [2.05, 4.69) is 0 Å². The van der Waals surface area contributed by atoms with Crippen molar-refractivity contribution in [1.29, 1.82) is 0 Å². The highest BCUT2D eigenvalue weighted by Gasteiger charge is 2.60. The Bertz CT molecular complexity index is 1400. The number of aryl methyl sites for hydroxylation is 1. The summed E-state index contributed by atoms with van der Waals surface area (Å²) in [6, 6.07) is 28.2. The topological polar surface area (TPSA) is 72.8 Å². The number of esters is 1. The molecule has 1 fully saturated rings. The van der Waals surface area contributed by atoms with Gasteiger partial charge in [0.05, 0.1) is 18.9 Å². The predicted molar refractivity (Wildman–Crippen MR) is 134 cm³/mol. The Morgan fingerprint density at radius 3 is 2.06 bits per heavy atom. The van der Waals surface area contributed by atoms with Gasteiger partial charge in [-0.3, -0.25) is 9.59 Å². The molecule has 5 heteroatoms. The van der Waals surface area contributed by atoms with Crippen LogP contribution in [0, 0.1) is 18.8 Å². The number of rotatable bonds is 6. The quantitative estimate of drug-likeness (QED) is 0.280. The van der Waals surface area contributed by atoms with E-state index in [-0.39, 0.29) is 0 Å². The van der Waals surface area contributed by atoms with Crippen molar-refractivity contribution in [2.45, 2.75) is 18.8 Å². The number of carboxylic acid groups (broad SMARTS) is 1. The first kappa shape index (κ1) is 22.7. The van der Waals surface area contributed by atoms with E-state index in [0.717, 1.165) is 21.9 Å². The van der Waals surface area contributed by atoms with E-state index < -0.39 is 35.6 Å². The van der Waals surface area contributed by atoms with Crippen LogP contribution in [-0.4, -0.2) is 24.2 Å². The highest BCUT2D eigenvalue weighted by atomic mass is 16.5. The van der Waals surface area contributed by atoms with Crippen LogP contribution in [0.3, 0.4) is 0 Å². The molecule has 4 aromatic carbocycles. The summed E-state index contributed by atoms with van der Waals surface area (Å²) in [5.41, 5.74) is 2.50. The van der Waals surface area contributed by atoms with Crippen molar-refractivity contribution in [3.05, 3.63) is 108 Å². The predicted octanol–water partition coefficient (Wildman–Crippen LogP) is 5.96. The highest BCUT2D eigenvalue weighted by Crippen LogP contribution is 2.60. The molecule has 1 aliphatic carbocycles. The van der Waals surface area contributed by atoms with Crippen LogP contribution >= 0.6 is 0 Å². The SMILES string of the molecule is COc1ccccc1[C@@H]1[C@H](C(=O)Oc2cccc3ccccc23)[C@@H](c2ccccc2C)[C@@H]1C(=O)O. The van der Waals surface area contributed by atoms with Gasteiger partial charge < -0.3 is 14.6 Å². The Balaban J connectivity index is 1.61. The number of benzene rings is 4. The van der Waals surface area contributed by atoms with Crippen LogP contribution in [-0.2, 0) is 9.59 Å². The van der Waals surface area contributed by atoms with Crippen molar-refractivity contribution in [3.8, 4) is 11.5 Å². The van der Waals surface area contributed by atoms with E-state index in [4.69, 9.17) is 9.47 Å². The first-order valence-electron chi connectivity index (χ1n) is 11.6. The lowest BCUT2D eigenvalue weighted by Gasteiger charge is -2.49. The first-order chi connectivity index (χ1) is 17.0. The number of hydrogen-bond donors (Lipinski definition) is 1. The number of carbonyl (C=O) groups excluding carboxylic acids is 1. The molecule has 5 nitrogen and oxygen atoms in total. The fourth-order valence-electron chi connectivity index (χ4n) is 5.49. The summed E-state index contributed by atoms with van der Waals surface area (Å²) >= 11 is 0. The Labute approximate surface area is 203 Å². The van der Waals surface area contributed by atoms with E-state index in [1.54, 1.807) is 19.2 Å². The summed E-state index contributed by atoms with van der Waals surface area (Å²) in [6.07, 6.45) is 0. The average molecular weight is 467 g/mol. The highest BCUT2D eigenvalue weighted by molar-refractivity contribution is 5.92. The number of methoxy groups -OCH3 is 1. The second kappa shape index (κ2) is 9.26. The second-order valence-electron chi connectivity index (χ2n) is 8.94. The third-order valence-electron chi connectivity index (χ3n) is 7.11. The molecule has 0 heterocycles. The Hall–Kier alpha value is -4.12. The van der Waals surface area contributed by atoms with Gasteiger partial charge in [0, 0.05) is 17.2 Å². The van der Waals surface area contributed by atoms with Crippen LogP contribution in [0.2, 0.25) is 0 Å². The van der Waals surface area contributed by atoms with Crippen LogP contribution in [0.4, 0.5) is 0 Å². The molecule has 0 aromatic heterocycles. The van der Waals surface area contributed by atoms with E-state index in [0.29, 0.717) is 17.1 Å².